The lowest BCUT2D eigenvalue weighted by Crippen LogP contribution is -2.15. The Morgan fingerprint density at radius 2 is 1.63 bits per heavy atom. The van der Waals surface area contributed by atoms with Gasteiger partial charge in [0, 0.05) is 11.8 Å². The monoisotopic (exact) mass is 490 g/mol. The fraction of sp³-hybridized carbons (Fsp3) is 0.192. The lowest BCUT2D eigenvalue weighted by Gasteiger charge is -2.12. The third kappa shape index (κ3) is 6.77. The van der Waals surface area contributed by atoms with Crippen molar-refractivity contribution in [3.05, 3.63) is 90.3 Å². The summed E-state index contributed by atoms with van der Waals surface area (Å²) in [4.78, 5) is 12.5. The number of carbonyl (C=O) groups excluding carboxylic acids is 1. The maximum Gasteiger partial charge on any atom is 0.234 e. The quantitative estimate of drug-likeness (QED) is 0.306. The van der Waals surface area contributed by atoms with Crippen LogP contribution >= 0.6 is 11.8 Å². The van der Waals surface area contributed by atoms with Crippen molar-refractivity contribution in [2.24, 2.45) is 0 Å². The summed E-state index contributed by atoms with van der Waals surface area (Å²) in [6, 6.07) is 24.6. The lowest BCUT2D eigenvalue weighted by atomic mass is 10.2. The van der Waals surface area contributed by atoms with Gasteiger partial charge in [-0.15, -0.1) is 10.2 Å². The molecule has 0 unspecified atom stereocenters. The molecule has 9 heteroatoms. The lowest BCUT2D eigenvalue weighted by molar-refractivity contribution is -0.113. The van der Waals surface area contributed by atoms with Gasteiger partial charge in [-0.1, -0.05) is 48.2 Å². The molecule has 0 aliphatic heterocycles. The highest BCUT2D eigenvalue weighted by Gasteiger charge is 2.16. The number of nitrogens with zero attached hydrogens (tertiary/aromatic N) is 3. The Bertz CT molecular complexity index is 1250. The van der Waals surface area contributed by atoms with E-state index >= 15 is 0 Å². The SMILES string of the molecule is COc1ccc(NC(=O)CSc2nnc(COc3cccc(OC)c3)n2Cc2ccccc2)cc1. The number of amides is 1. The Labute approximate surface area is 208 Å². The number of thioether (sulfide) groups is 1. The molecule has 35 heavy (non-hydrogen) atoms. The number of ether oxygens (including phenoxy) is 3. The number of hydrogen-bond donors (Lipinski definition) is 1. The molecule has 1 N–H and O–H groups in total. The summed E-state index contributed by atoms with van der Waals surface area (Å²) in [6.07, 6.45) is 0. The number of anilines is 1. The highest BCUT2D eigenvalue weighted by Crippen LogP contribution is 2.23. The van der Waals surface area contributed by atoms with Crippen LogP contribution < -0.4 is 19.5 Å². The number of nitrogens with one attached hydrogen (secondary N) is 1. The molecule has 0 bridgehead atoms. The zero-order valence-corrected chi connectivity index (χ0v) is 20.3. The van der Waals surface area contributed by atoms with Crippen LogP contribution in [0.2, 0.25) is 0 Å². The molecule has 0 atom stereocenters. The molecule has 0 saturated carbocycles. The first-order chi connectivity index (χ1) is 17.1. The van der Waals surface area contributed by atoms with Crippen LogP contribution in [0.15, 0.2) is 84.0 Å². The molecule has 1 heterocycles. The first kappa shape index (κ1) is 24.2. The summed E-state index contributed by atoms with van der Waals surface area (Å²) in [7, 11) is 3.22. The number of benzene rings is 3. The third-order valence-corrected chi connectivity index (χ3v) is 6.06. The van der Waals surface area contributed by atoms with Crippen molar-refractivity contribution in [1.29, 1.82) is 0 Å². The van der Waals surface area contributed by atoms with E-state index in [0.717, 1.165) is 11.3 Å². The highest BCUT2D eigenvalue weighted by atomic mass is 32.2. The zero-order valence-electron chi connectivity index (χ0n) is 19.5. The first-order valence-corrected chi connectivity index (χ1v) is 11.9. The van der Waals surface area contributed by atoms with E-state index in [0.29, 0.717) is 34.7 Å². The standard InChI is InChI=1S/C26H26N4O4S/c1-32-21-13-11-20(12-14-21)27-25(31)18-35-26-29-28-24(30(26)16-19-7-4-3-5-8-19)17-34-23-10-6-9-22(15-23)33-2/h3-15H,16-18H2,1-2H3,(H,27,31). The van der Waals surface area contributed by atoms with Crippen LogP contribution in [0.25, 0.3) is 0 Å². The summed E-state index contributed by atoms with van der Waals surface area (Å²) in [6.45, 7) is 0.790. The van der Waals surface area contributed by atoms with E-state index in [9.17, 15) is 4.79 Å². The number of rotatable bonds is 11. The number of hydrogen-bond acceptors (Lipinski definition) is 7. The number of carbonyl (C=O) groups is 1. The summed E-state index contributed by atoms with van der Waals surface area (Å²) in [5.41, 5.74) is 1.80. The second-order valence-electron chi connectivity index (χ2n) is 7.50. The molecule has 0 aliphatic carbocycles. The van der Waals surface area contributed by atoms with Gasteiger partial charge in [0.2, 0.25) is 5.91 Å². The molecule has 4 rings (SSSR count). The van der Waals surface area contributed by atoms with Crippen molar-refractivity contribution in [3.63, 3.8) is 0 Å². The summed E-state index contributed by atoms with van der Waals surface area (Å²) < 4.78 is 18.3. The summed E-state index contributed by atoms with van der Waals surface area (Å²) in [5, 5.41) is 12.2. The molecule has 180 valence electrons. The molecule has 0 spiro atoms. The van der Waals surface area contributed by atoms with Crippen molar-refractivity contribution in [2.75, 3.05) is 25.3 Å². The van der Waals surface area contributed by atoms with E-state index in [1.165, 1.54) is 11.8 Å². The van der Waals surface area contributed by atoms with Gasteiger partial charge in [-0.3, -0.25) is 9.36 Å². The largest absolute Gasteiger partial charge is 0.497 e. The maximum absolute atomic E-state index is 12.5. The van der Waals surface area contributed by atoms with Crippen LogP contribution in [-0.4, -0.2) is 40.6 Å². The Morgan fingerprint density at radius 1 is 0.886 bits per heavy atom. The van der Waals surface area contributed by atoms with Crippen LogP contribution in [-0.2, 0) is 17.9 Å². The zero-order chi connectivity index (χ0) is 24.5. The molecule has 3 aromatic carbocycles. The van der Waals surface area contributed by atoms with E-state index in [2.05, 4.69) is 15.5 Å². The van der Waals surface area contributed by atoms with Crippen molar-refractivity contribution in [1.82, 2.24) is 14.8 Å². The maximum atomic E-state index is 12.5. The first-order valence-electron chi connectivity index (χ1n) is 10.9. The molecule has 4 aromatic rings. The van der Waals surface area contributed by atoms with Gasteiger partial charge in [0.05, 0.1) is 26.5 Å². The smallest absolute Gasteiger partial charge is 0.234 e. The molecule has 0 saturated heterocycles. The van der Waals surface area contributed by atoms with E-state index in [4.69, 9.17) is 14.2 Å². The Balaban J connectivity index is 1.45. The van der Waals surface area contributed by atoms with Crippen molar-refractivity contribution < 1.29 is 19.0 Å². The van der Waals surface area contributed by atoms with Crippen LogP contribution in [0.1, 0.15) is 11.4 Å². The average Bonchev–Trinajstić information content (AvgIpc) is 3.28. The van der Waals surface area contributed by atoms with Crippen LogP contribution in [0.5, 0.6) is 17.2 Å². The Hall–Kier alpha value is -3.98. The minimum atomic E-state index is -0.136. The van der Waals surface area contributed by atoms with Gasteiger partial charge in [0.1, 0.15) is 23.9 Å². The van der Waals surface area contributed by atoms with Crippen LogP contribution in [0.3, 0.4) is 0 Å². The third-order valence-electron chi connectivity index (χ3n) is 5.09. The second kappa shape index (κ2) is 11.9. The molecular formula is C26H26N4O4S. The van der Waals surface area contributed by atoms with Gasteiger partial charge in [0.15, 0.2) is 11.0 Å². The predicted molar refractivity (Wildman–Crippen MR) is 135 cm³/mol. The second-order valence-corrected chi connectivity index (χ2v) is 8.45. The fourth-order valence-corrected chi connectivity index (χ4v) is 4.05. The normalized spacial score (nSPS) is 10.6. The molecule has 0 fully saturated rings. The average molecular weight is 491 g/mol. The van der Waals surface area contributed by atoms with E-state index in [1.807, 2.05) is 59.2 Å². The predicted octanol–water partition coefficient (Wildman–Crippen LogP) is 4.65. The number of methoxy groups -OCH3 is 2. The minimum Gasteiger partial charge on any atom is -0.497 e. The van der Waals surface area contributed by atoms with Crippen molar-refractivity contribution >= 4 is 23.4 Å². The van der Waals surface area contributed by atoms with Crippen LogP contribution in [0.4, 0.5) is 5.69 Å². The molecule has 1 amide bonds. The molecular weight excluding hydrogens is 464 g/mol. The van der Waals surface area contributed by atoms with Crippen LogP contribution in [0, 0.1) is 0 Å². The number of aromatic nitrogens is 3. The van der Waals surface area contributed by atoms with Gasteiger partial charge in [0.25, 0.3) is 0 Å². The van der Waals surface area contributed by atoms with Crippen molar-refractivity contribution in [3.8, 4) is 17.2 Å². The highest BCUT2D eigenvalue weighted by molar-refractivity contribution is 7.99. The molecule has 1 aromatic heterocycles. The molecule has 8 nitrogen and oxygen atoms in total. The summed E-state index contributed by atoms with van der Waals surface area (Å²) >= 11 is 1.33. The van der Waals surface area contributed by atoms with Gasteiger partial charge >= 0.3 is 0 Å². The Morgan fingerprint density at radius 3 is 2.37 bits per heavy atom. The topological polar surface area (TPSA) is 87.5 Å². The molecule has 0 aliphatic rings. The summed E-state index contributed by atoms with van der Waals surface area (Å²) in [5.74, 6) is 2.84. The van der Waals surface area contributed by atoms with E-state index in [1.54, 1.807) is 38.5 Å². The fourth-order valence-electron chi connectivity index (χ4n) is 3.30. The minimum absolute atomic E-state index is 0.136. The van der Waals surface area contributed by atoms with Crippen molar-refractivity contribution in [2.45, 2.75) is 18.3 Å². The van der Waals surface area contributed by atoms with Gasteiger partial charge in [-0.2, -0.15) is 0 Å². The Kier molecular flexibility index (Phi) is 8.24. The van der Waals surface area contributed by atoms with E-state index in [-0.39, 0.29) is 18.3 Å². The van der Waals surface area contributed by atoms with Gasteiger partial charge in [-0.05, 0) is 42.0 Å². The molecule has 0 radical (unpaired) electrons. The van der Waals surface area contributed by atoms with Gasteiger partial charge < -0.3 is 19.5 Å². The van der Waals surface area contributed by atoms with E-state index < -0.39 is 0 Å². The van der Waals surface area contributed by atoms with Gasteiger partial charge in [-0.25, -0.2) is 0 Å².